The summed E-state index contributed by atoms with van der Waals surface area (Å²) in [6.45, 7) is 103. The van der Waals surface area contributed by atoms with E-state index in [0.717, 1.165) is 64.3 Å². The van der Waals surface area contributed by atoms with E-state index in [2.05, 4.69) is 323 Å². The molecule has 0 saturated heterocycles. The molecule has 1 aromatic carbocycles. The van der Waals surface area contributed by atoms with E-state index in [1.54, 1.807) is 49.7 Å². The van der Waals surface area contributed by atoms with Gasteiger partial charge in [0, 0.05) is 79.8 Å². The largest absolute Gasteiger partial charge is 0.264 e. The van der Waals surface area contributed by atoms with Crippen molar-refractivity contribution in [2.75, 3.05) is 0 Å². The molecule has 0 amide bonds. The van der Waals surface area contributed by atoms with Gasteiger partial charge in [-0.15, -0.1) is 0 Å². The molecule has 10 heteroatoms. The van der Waals surface area contributed by atoms with Gasteiger partial charge in [-0.1, -0.05) is 382 Å². The van der Waals surface area contributed by atoms with Crippen LogP contribution in [-0.2, 0) is 0 Å². The Morgan fingerprint density at radius 2 is 0.495 bits per heavy atom. The summed E-state index contributed by atoms with van der Waals surface area (Å²) in [5.74, 6) is 10.5. The highest BCUT2D eigenvalue weighted by molar-refractivity contribution is 5.18. The minimum atomic E-state index is 0.436. The van der Waals surface area contributed by atoms with Crippen molar-refractivity contribution in [1.82, 2.24) is 50.1 Å². The van der Waals surface area contributed by atoms with Crippen LogP contribution in [0.3, 0.4) is 0 Å². The summed E-state index contributed by atoms with van der Waals surface area (Å²) in [6, 6.07) is 26.3. The summed E-state index contributed by atoms with van der Waals surface area (Å²) in [5.41, 5.74) is 7.18. The first-order valence-electron chi connectivity index (χ1n) is 41.2. The maximum atomic E-state index is 4.18. The first-order valence-corrected chi connectivity index (χ1v) is 41.2. The standard InChI is InChI=1S/C9H12.2C8H11N.4C7H10N2.7C4H10.7C2H6/c1-8(2)9-6-4-3-5-7-9;1-7(2)8-4-3-5-9-6-8;1-7(2)8-5-3-4-6-9-8;1-6(2)7-3-8-5-9-4-7;1-6(2)7-5-8-3-4-9-7;1-6(2)7-8-4-3-5-9-7;1-6(2)7-4-3-5-8-9-7;7*1-4(2)3;7*1-2/h3-8H,1-2H3;2*3-7H,1-2H3;4*3-6H,1-2H3;7*4H,1-3H3;7*1-2H3. The van der Waals surface area contributed by atoms with Crippen LogP contribution in [0.2, 0.25) is 0 Å². The van der Waals surface area contributed by atoms with Crippen LogP contribution < -0.4 is 0 Å². The first-order chi connectivity index (χ1) is 49.3. The smallest absolute Gasteiger partial charge is 0.130 e. The Hall–Kier alpha value is -6.16. The Kier molecular flexibility index (Phi) is 136. The van der Waals surface area contributed by atoms with Gasteiger partial charge in [-0.05, 0) is 130 Å². The number of rotatable bonds is 7. The fraction of sp³-hybridized carbons (Fsp3) is 0.663. The third kappa shape index (κ3) is 148. The quantitative estimate of drug-likeness (QED) is 0.152. The maximum Gasteiger partial charge on any atom is 0.130 e. The number of pyridine rings is 2. The summed E-state index contributed by atoms with van der Waals surface area (Å²) in [7, 11) is 0. The Morgan fingerprint density at radius 1 is 0.200 bits per heavy atom. The van der Waals surface area contributed by atoms with Crippen LogP contribution in [0.15, 0.2) is 153 Å². The van der Waals surface area contributed by atoms with E-state index < -0.39 is 0 Å². The van der Waals surface area contributed by atoms with Gasteiger partial charge in [-0.3, -0.25) is 19.9 Å². The van der Waals surface area contributed by atoms with Crippen LogP contribution in [0.25, 0.3) is 0 Å². The Bertz CT molecular complexity index is 1890. The van der Waals surface area contributed by atoms with Crippen molar-refractivity contribution >= 4 is 0 Å². The molecular formula is C95H186N10. The summed E-state index contributed by atoms with van der Waals surface area (Å²) in [5, 5.41) is 7.68. The van der Waals surface area contributed by atoms with E-state index in [4.69, 9.17) is 0 Å². The van der Waals surface area contributed by atoms with Gasteiger partial charge in [0.05, 0.1) is 11.4 Å². The third-order valence-corrected chi connectivity index (χ3v) is 8.81. The van der Waals surface area contributed by atoms with Crippen molar-refractivity contribution < 1.29 is 0 Å². The molecule has 6 aromatic heterocycles. The molecule has 0 unspecified atom stereocenters. The van der Waals surface area contributed by atoms with Crippen LogP contribution in [0, 0.1) is 41.4 Å². The highest BCUT2D eigenvalue weighted by Gasteiger charge is 2.00. The molecule has 7 aromatic rings. The number of nitrogens with zero attached hydrogens (tertiary/aromatic N) is 10. The molecule has 0 fully saturated rings. The molecule has 0 bridgehead atoms. The summed E-state index contributed by atoms with van der Waals surface area (Å²) >= 11 is 0. The summed E-state index contributed by atoms with van der Waals surface area (Å²) in [6.07, 6.45) is 21.2. The molecule has 0 aliphatic rings. The monoisotopic (exact) mass is 1470 g/mol. The molecule has 0 N–H and O–H groups in total. The second-order valence-corrected chi connectivity index (χ2v) is 28.7. The molecule has 105 heavy (non-hydrogen) atoms. The fourth-order valence-electron chi connectivity index (χ4n) is 4.72. The summed E-state index contributed by atoms with van der Waals surface area (Å²) < 4.78 is 0. The SMILES string of the molecule is CC.CC.CC.CC.CC.CC.CC.CC(C)C.CC(C)C.CC(C)C.CC(C)C.CC(C)C.CC(C)C.CC(C)C.CC(C)c1ccccc1.CC(C)c1ccccn1.CC(C)c1cccnc1.CC(C)c1cccnn1.CC(C)c1cnccn1.CC(C)c1cncnc1.CC(C)c1ncccn1. The predicted molar refractivity (Wildman–Crippen MR) is 485 cm³/mol. The minimum Gasteiger partial charge on any atom is -0.264 e. The van der Waals surface area contributed by atoms with Crippen LogP contribution >= 0.6 is 0 Å². The normalized spacial score (nSPS) is 8.87. The molecule has 0 aliphatic carbocycles. The topological polar surface area (TPSA) is 129 Å². The third-order valence-electron chi connectivity index (χ3n) is 8.81. The maximum absolute atomic E-state index is 4.18. The van der Waals surface area contributed by atoms with E-state index in [9.17, 15) is 0 Å². The molecule has 10 nitrogen and oxygen atoms in total. The van der Waals surface area contributed by atoms with Crippen molar-refractivity contribution in [2.45, 2.75) is 381 Å². The first kappa shape index (κ1) is 131. The Morgan fingerprint density at radius 3 is 0.695 bits per heavy atom. The van der Waals surface area contributed by atoms with E-state index in [1.807, 2.05) is 170 Å². The van der Waals surface area contributed by atoms with Crippen molar-refractivity contribution in [3.05, 3.63) is 193 Å². The highest BCUT2D eigenvalue weighted by Crippen LogP contribution is 2.14. The van der Waals surface area contributed by atoms with E-state index in [-0.39, 0.29) is 0 Å². The molecule has 6 heterocycles. The lowest BCUT2D eigenvalue weighted by Crippen LogP contribution is -1.93. The molecule has 0 atom stereocenters. The van der Waals surface area contributed by atoms with E-state index >= 15 is 0 Å². The van der Waals surface area contributed by atoms with Crippen LogP contribution in [0.4, 0.5) is 0 Å². The van der Waals surface area contributed by atoms with Crippen molar-refractivity contribution in [3.8, 4) is 0 Å². The number of hydrogen-bond acceptors (Lipinski definition) is 10. The average molecular weight is 1470 g/mol. The Labute approximate surface area is 661 Å². The van der Waals surface area contributed by atoms with Gasteiger partial charge in [0.2, 0.25) is 0 Å². The number of hydrogen-bond donors (Lipinski definition) is 0. The lowest BCUT2D eigenvalue weighted by atomic mass is 10.0. The van der Waals surface area contributed by atoms with Crippen molar-refractivity contribution in [2.24, 2.45) is 41.4 Å². The van der Waals surface area contributed by atoms with E-state index in [0.29, 0.717) is 41.4 Å². The minimum absolute atomic E-state index is 0.436. The fourth-order valence-corrected chi connectivity index (χ4v) is 4.72. The summed E-state index contributed by atoms with van der Waals surface area (Å²) in [4.78, 5) is 32.2. The zero-order valence-electron chi connectivity index (χ0n) is 79.5. The lowest BCUT2D eigenvalue weighted by Gasteiger charge is -2.01. The molecule has 7 rings (SSSR count). The van der Waals surface area contributed by atoms with Crippen LogP contribution in [-0.4, -0.2) is 50.1 Å². The zero-order chi connectivity index (χ0) is 85.9. The predicted octanol–water partition coefficient (Wildman–Crippen LogP) is 32.4. The van der Waals surface area contributed by atoms with Crippen molar-refractivity contribution in [1.29, 1.82) is 0 Å². The molecule has 0 spiro atoms. The zero-order valence-corrected chi connectivity index (χ0v) is 79.5. The molecular weight excluding hydrogens is 1280 g/mol. The van der Waals surface area contributed by atoms with Gasteiger partial charge in [0.15, 0.2) is 0 Å². The van der Waals surface area contributed by atoms with Gasteiger partial charge in [-0.2, -0.15) is 10.2 Å². The Balaban J connectivity index is -0.0000000707. The van der Waals surface area contributed by atoms with Gasteiger partial charge in [0.25, 0.3) is 0 Å². The molecule has 0 aliphatic heterocycles. The van der Waals surface area contributed by atoms with Gasteiger partial charge < -0.3 is 0 Å². The molecule has 0 radical (unpaired) electrons. The van der Waals surface area contributed by atoms with Gasteiger partial charge in [0.1, 0.15) is 12.2 Å². The molecule has 616 valence electrons. The average Bonchev–Trinajstić information content (AvgIpc) is 1.04. The van der Waals surface area contributed by atoms with E-state index in [1.165, 1.54) is 16.7 Å². The van der Waals surface area contributed by atoms with Crippen LogP contribution in [0.1, 0.15) is 420 Å². The number of benzene rings is 1. The molecule has 0 saturated carbocycles. The van der Waals surface area contributed by atoms with Gasteiger partial charge in [-0.25, -0.2) is 19.9 Å². The van der Waals surface area contributed by atoms with Crippen LogP contribution in [0.5, 0.6) is 0 Å². The van der Waals surface area contributed by atoms with Gasteiger partial charge >= 0.3 is 0 Å². The number of aromatic nitrogens is 10. The second-order valence-electron chi connectivity index (χ2n) is 28.7. The second kappa shape index (κ2) is 109. The lowest BCUT2D eigenvalue weighted by molar-refractivity contribution is 0.736. The highest BCUT2D eigenvalue weighted by atomic mass is 15.1. The van der Waals surface area contributed by atoms with Crippen molar-refractivity contribution in [3.63, 3.8) is 0 Å².